The fraction of sp³-hybridized carbons (Fsp3) is 0.400. The van der Waals surface area contributed by atoms with Gasteiger partial charge >= 0.3 is 0 Å². The summed E-state index contributed by atoms with van der Waals surface area (Å²) >= 11 is 0. The molecule has 0 bridgehead atoms. The summed E-state index contributed by atoms with van der Waals surface area (Å²) in [5.74, 6) is 0.299. The topological polar surface area (TPSA) is 29.1 Å². The smallest absolute Gasteiger partial charge is 0.227 e. The lowest BCUT2D eigenvalue weighted by molar-refractivity contribution is -0.120. The van der Waals surface area contributed by atoms with Crippen molar-refractivity contribution < 1.29 is 4.79 Å². The highest BCUT2D eigenvalue weighted by Gasteiger charge is 2.18. The lowest BCUT2D eigenvalue weighted by Crippen LogP contribution is -2.23. The van der Waals surface area contributed by atoms with E-state index >= 15 is 0 Å². The Labute approximate surface area is 103 Å². The van der Waals surface area contributed by atoms with Gasteiger partial charge in [-0.3, -0.25) is 4.79 Å². The van der Waals surface area contributed by atoms with Crippen LogP contribution in [-0.4, -0.2) is 5.91 Å². The highest BCUT2D eigenvalue weighted by molar-refractivity contribution is 5.92. The van der Waals surface area contributed by atoms with Crippen LogP contribution in [0, 0.1) is 5.92 Å². The molecule has 1 atom stereocenters. The molecule has 0 fully saturated rings. The minimum Gasteiger partial charge on any atom is -0.326 e. The molecule has 1 N–H and O–H groups in total. The average molecular weight is 229 g/mol. The van der Waals surface area contributed by atoms with Crippen molar-refractivity contribution in [3.8, 4) is 0 Å². The molecule has 90 valence electrons. The maximum atomic E-state index is 12.0. The monoisotopic (exact) mass is 229 g/mol. The molecule has 1 aromatic carbocycles. The molecule has 2 rings (SSSR count). The van der Waals surface area contributed by atoms with E-state index in [1.54, 1.807) is 0 Å². The van der Waals surface area contributed by atoms with Gasteiger partial charge < -0.3 is 5.32 Å². The Morgan fingerprint density at radius 2 is 2.29 bits per heavy atom. The second-order valence-corrected chi connectivity index (χ2v) is 4.52. The largest absolute Gasteiger partial charge is 0.326 e. The summed E-state index contributed by atoms with van der Waals surface area (Å²) in [6, 6.07) is 8.08. The van der Waals surface area contributed by atoms with Gasteiger partial charge in [0.05, 0.1) is 0 Å². The molecule has 1 aliphatic rings. The van der Waals surface area contributed by atoms with E-state index in [9.17, 15) is 4.79 Å². The molecular weight excluding hydrogens is 210 g/mol. The van der Waals surface area contributed by atoms with Crippen molar-refractivity contribution in [3.63, 3.8) is 0 Å². The zero-order valence-corrected chi connectivity index (χ0v) is 10.3. The van der Waals surface area contributed by atoms with Crippen LogP contribution in [0.5, 0.6) is 0 Å². The molecule has 0 heterocycles. The van der Waals surface area contributed by atoms with E-state index in [4.69, 9.17) is 0 Å². The number of rotatable bonds is 3. The van der Waals surface area contributed by atoms with Gasteiger partial charge in [-0.05, 0) is 43.4 Å². The van der Waals surface area contributed by atoms with E-state index in [0.717, 1.165) is 31.4 Å². The van der Waals surface area contributed by atoms with E-state index in [1.165, 1.54) is 5.56 Å². The molecule has 0 aromatic heterocycles. The van der Waals surface area contributed by atoms with Crippen LogP contribution in [-0.2, 0) is 11.2 Å². The van der Waals surface area contributed by atoms with Crippen LogP contribution in [0.15, 0.2) is 36.4 Å². The molecule has 1 amide bonds. The normalized spacial score (nSPS) is 19.0. The van der Waals surface area contributed by atoms with Crippen LogP contribution in [0.25, 0.3) is 0 Å². The first kappa shape index (κ1) is 11.9. The highest BCUT2D eigenvalue weighted by Crippen LogP contribution is 2.20. The van der Waals surface area contributed by atoms with Gasteiger partial charge in [0, 0.05) is 11.6 Å². The third-order valence-corrected chi connectivity index (χ3v) is 3.24. The Kier molecular flexibility index (Phi) is 3.97. The first-order chi connectivity index (χ1) is 8.29. The lowest BCUT2D eigenvalue weighted by Gasteiger charge is -2.17. The Bertz CT molecular complexity index is 423. The third kappa shape index (κ3) is 3.19. The SMILES string of the molecule is CCc1cccc(NC(=O)C2CC=CCC2)c1. The molecule has 1 aromatic rings. The van der Waals surface area contributed by atoms with Gasteiger partial charge in [-0.15, -0.1) is 0 Å². The van der Waals surface area contributed by atoms with Gasteiger partial charge in [0.15, 0.2) is 0 Å². The minimum absolute atomic E-state index is 0.144. The van der Waals surface area contributed by atoms with Gasteiger partial charge in [-0.25, -0.2) is 0 Å². The van der Waals surface area contributed by atoms with Gasteiger partial charge in [0.2, 0.25) is 5.91 Å². The van der Waals surface area contributed by atoms with E-state index in [0.29, 0.717) is 0 Å². The van der Waals surface area contributed by atoms with Crippen molar-refractivity contribution in [3.05, 3.63) is 42.0 Å². The summed E-state index contributed by atoms with van der Waals surface area (Å²) < 4.78 is 0. The number of carbonyl (C=O) groups excluding carboxylic acids is 1. The second-order valence-electron chi connectivity index (χ2n) is 4.52. The maximum absolute atomic E-state index is 12.0. The van der Waals surface area contributed by atoms with E-state index in [-0.39, 0.29) is 11.8 Å². The number of anilines is 1. The summed E-state index contributed by atoms with van der Waals surface area (Å²) in [6.07, 6.45) is 8.12. The van der Waals surface area contributed by atoms with Crippen molar-refractivity contribution in [1.82, 2.24) is 0 Å². The highest BCUT2D eigenvalue weighted by atomic mass is 16.1. The first-order valence-corrected chi connectivity index (χ1v) is 6.34. The van der Waals surface area contributed by atoms with Crippen molar-refractivity contribution in [2.45, 2.75) is 32.6 Å². The standard InChI is InChI=1S/C15H19NO/c1-2-12-7-6-10-14(11-12)16-15(17)13-8-4-3-5-9-13/h3-4,6-7,10-11,13H,2,5,8-9H2,1H3,(H,16,17). The summed E-state index contributed by atoms with van der Waals surface area (Å²) in [4.78, 5) is 12.0. The summed E-state index contributed by atoms with van der Waals surface area (Å²) in [7, 11) is 0. The maximum Gasteiger partial charge on any atom is 0.227 e. The van der Waals surface area contributed by atoms with Gasteiger partial charge in [0.1, 0.15) is 0 Å². The summed E-state index contributed by atoms with van der Waals surface area (Å²) in [5.41, 5.74) is 2.18. The fourth-order valence-electron chi connectivity index (χ4n) is 2.15. The first-order valence-electron chi connectivity index (χ1n) is 6.34. The van der Waals surface area contributed by atoms with Crippen molar-refractivity contribution in [2.24, 2.45) is 5.92 Å². The Balaban J connectivity index is 1.99. The number of aryl methyl sites for hydroxylation is 1. The summed E-state index contributed by atoms with van der Waals surface area (Å²) in [6.45, 7) is 2.12. The minimum atomic E-state index is 0.144. The molecule has 1 aliphatic carbocycles. The van der Waals surface area contributed by atoms with Gasteiger partial charge in [-0.2, -0.15) is 0 Å². The molecule has 0 spiro atoms. The second kappa shape index (κ2) is 5.67. The summed E-state index contributed by atoms with van der Waals surface area (Å²) in [5, 5.41) is 3.01. The molecule has 0 aliphatic heterocycles. The van der Waals surface area contributed by atoms with Crippen molar-refractivity contribution in [2.75, 3.05) is 5.32 Å². The predicted octanol–water partition coefficient (Wildman–Crippen LogP) is 3.54. The molecule has 0 saturated carbocycles. The van der Waals surface area contributed by atoms with Crippen LogP contribution in [0.2, 0.25) is 0 Å². The number of hydrogen-bond donors (Lipinski definition) is 1. The van der Waals surface area contributed by atoms with Gasteiger partial charge in [0.25, 0.3) is 0 Å². The van der Waals surface area contributed by atoms with Crippen molar-refractivity contribution >= 4 is 11.6 Å². The number of hydrogen-bond acceptors (Lipinski definition) is 1. The molecule has 2 heteroatoms. The van der Waals surface area contributed by atoms with Crippen LogP contribution in [0.4, 0.5) is 5.69 Å². The molecule has 17 heavy (non-hydrogen) atoms. The molecule has 0 radical (unpaired) electrons. The number of benzene rings is 1. The molecule has 1 unspecified atom stereocenters. The average Bonchev–Trinajstić information content (AvgIpc) is 2.40. The Morgan fingerprint density at radius 1 is 1.41 bits per heavy atom. The van der Waals surface area contributed by atoms with Crippen LogP contribution in [0.1, 0.15) is 31.7 Å². The predicted molar refractivity (Wildman–Crippen MR) is 70.9 cm³/mol. The van der Waals surface area contributed by atoms with E-state index in [2.05, 4.69) is 36.5 Å². The Hall–Kier alpha value is -1.57. The quantitative estimate of drug-likeness (QED) is 0.789. The number of allylic oxidation sites excluding steroid dienone is 2. The van der Waals surface area contributed by atoms with Crippen molar-refractivity contribution in [1.29, 1.82) is 0 Å². The lowest BCUT2D eigenvalue weighted by atomic mass is 9.93. The zero-order chi connectivity index (χ0) is 12.1. The third-order valence-electron chi connectivity index (χ3n) is 3.24. The van der Waals surface area contributed by atoms with E-state index in [1.807, 2.05) is 12.1 Å². The number of nitrogens with one attached hydrogen (secondary N) is 1. The van der Waals surface area contributed by atoms with E-state index < -0.39 is 0 Å². The zero-order valence-electron chi connectivity index (χ0n) is 10.3. The van der Waals surface area contributed by atoms with Crippen LogP contribution < -0.4 is 5.32 Å². The molecule has 2 nitrogen and oxygen atoms in total. The fourth-order valence-corrected chi connectivity index (χ4v) is 2.15. The molecule has 0 saturated heterocycles. The van der Waals surface area contributed by atoms with Crippen LogP contribution in [0.3, 0.4) is 0 Å². The van der Waals surface area contributed by atoms with Gasteiger partial charge in [-0.1, -0.05) is 31.2 Å². The Morgan fingerprint density at radius 3 is 3.00 bits per heavy atom. The van der Waals surface area contributed by atoms with Crippen LogP contribution >= 0.6 is 0 Å². The number of carbonyl (C=O) groups is 1. The number of amides is 1. The molecular formula is C15H19NO.